The van der Waals surface area contributed by atoms with Gasteiger partial charge in [-0.05, 0) is 44.1 Å². The Balaban J connectivity index is 0.00000136. The van der Waals surface area contributed by atoms with Gasteiger partial charge in [0.05, 0.1) is 12.2 Å². The second-order valence-electron chi connectivity index (χ2n) is 8.22. The largest absolute Gasteiger partial charge is 0.359 e. The van der Waals surface area contributed by atoms with Gasteiger partial charge in [-0.1, -0.05) is 17.3 Å². The van der Waals surface area contributed by atoms with Crippen LogP contribution in [0.2, 0.25) is 0 Å². The van der Waals surface area contributed by atoms with Crippen molar-refractivity contribution in [2.24, 2.45) is 5.92 Å². The van der Waals surface area contributed by atoms with Crippen molar-refractivity contribution in [2.45, 2.75) is 32.0 Å². The molecule has 0 aromatic carbocycles. The maximum Gasteiger partial charge on any atom is 0.255 e. The van der Waals surface area contributed by atoms with Crippen LogP contribution in [-0.2, 0) is 19.6 Å². The Bertz CT molecular complexity index is 1070. The van der Waals surface area contributed by atoms with E-state index in [0.717, 1.165) is 42.3 Å². The molecule has 5 rings (SSSR count). The predicted molar refractivity (Wildman–Crippen MR) is 124 cm³/mol. The van der Waals surface area contributed by atoms with Gasteiger partial charge < -0.3 is 14.4 Å². The van der Waals surface area contributed by atoms with Crippen molar-refractivity contribution in [1.29, 1.82) is 0 Å². The van der Waals surface area contributed by atoms with Gasteiger partial charge in [0.25, 0.3) is 5.56 Å². The predicted octanol–water partition coefficient (Wildman–Crippen LogP) is 3.08. The lowest BCUT2D eigenvalue weighted by molar-refractivity contribution is 0.250. The molecule has 9 heteroatoms. The zero-order valence-electron chi connectivity index (χ0n) is 17.4. The van der Waals surface area contributed by atoms with Crippen molar-refractivity contribution in [3.05, 3.63) is 70.0 Å². The highest BCUT2D eigenvalue weighted by Crippen LogP contribution is 2.31. The Morgan fingerprint density at radius 1 is 1.16 bits per heavy atom. The summed E-state index contributed by atoms with van der Waals surface area (Å²) in [5, 5.41) is 7.61. The van der Waals surface area contributed by atoms with Crippen LogP contribution in [-0.4, -0.2) is 39.7 Å². The fourth-order valence-corrected chi connectivity index (χ4v) is 4.59. The van der Waals surface area contributed by atoms with Gasteiger partial charge in [-0.15, -0.1) is 24.8 Å². The third-order valence-corrected chi connectivity index (χ3v) is 5.94. The van der Waals surface area contributed by atoms with E-state index in [4.69, 9.17) is 4.52 Å². The maximum absolute atomic E-state index is 13.1. The van der Waals surface area contributed by atoms with Gasteiger partial charge in [0, 0.05) is 49.1 Å². The molecule has 3 aromatic rings. The molecule has 0 unspecified atom stereocenters. The summed E-state index contributed by atoms with van der Waals surface area (Å²) in [6, 6.07) is 11.8. The zero-order valence-corrected chi connectivity index (χ0v) is 19.0. The van der Waals surface area contributed by atoms with Crippen LogP contribution in [0.4, 0.5) is 0 Å². The minimum absolute atomic E-state index is 0. The van der Waals surface area contributed by atoms with Gasteiger partial charge in [-0.25, -0.2) is 0 Å². The molecule has 0 radical (unpaired) electrons. The summed E-state index contributed by atoms with van der Waals surface area (Å²) < 4.78 is 7.49. The van der Waals surface area contributed by atoms with Crippen molar-refractivity contribution < 1.29 is 4.52 Å². The van der Waals surface area contributed by atoms with Crippen LogP contribution in [0.15, 0.2) is 51.9 Å². The molecule has 31 heavy (non-hydrogen) atoms. The van der Waals surface area contributed by atoms with Crippen molar-refractivity contribution in [2.75, 3.05) is 20.1 Å². The SMILES string of the molecule is CN(Cc1cc(-c2ccccn2)no1)Cc1ccc2n(c1=O)C[C@@H]1CNC[C@H]2C1.Cl.Cl. The van der Waals surface area contributed by atoms with Crippen LogP contribution in [0, 0.1) is 5.92 Å². The minimum atomic E-state index is 0. The lowest BCUT2D eigenvalue weighted by atomic mass is 9.84. The average Bonchev–Trinajstić information content (AvgIpc) is 3.20. The van der Waals surface area contributed by atoms with Crippen LogP contribution in [0.25, 0.3) is 11.4 Å². The summed E-state index contributed by atoms with van der Waals surface area (Å²) in [4.78, 5) is 19.5. The molecule has 0 saturated carbocycles. The Labute approximate surface area is 193 Å². The van der Waals surface area contributed by atoms with E-state index in [1.165, 1.54) is 12.1 Å². The number of halogens is 2. The quantitative estimate of drug-likeness (QED) is 0.626. The molecule has 0 spiro atoms. The summed E-state index contributed by atoms with van der Waals surface area (Å²) in [5.41, 5.74) is 3.67. The minimum Gasteiger partial charge on any atom is -0.359 e. The van der Waals surface area contributed by atoms with E-state index >= 15 is 0 Å². The molecule has 2 aliphatic heterocycles. The summed E-state index contributed by atoms with van der Waals surface area (Å²) >= 11 is 0. The molecular weight excluding hydrogens is 437 g/mol. The highest BCUT2D eigenvalue weighted by atomic mass is 35.5. The highest BCUT2D eigenvalue weighted by Gasteiger charge is 2.31. The number of hydrogen-bond acceptors (Lipinski definition) is 6. The number of nitrogens with zero attached hydrogens (tertiary/aromatic N) is 4. The number of nitrogens with one attached hydrogen (secondary N) is 1. The van der Waals surface area contributed by atoms with Crippen LogP contribution in [0.5, 0.6) is 0 Å². The van der Waals surface area contributed by atoms with Crippen molar-refractivity contribution in [3.8, 4) is 11.4 Å². The summed E-state index contributed by atoms with van der Waals surface area (Å²) in [6.07, 6.45) is 2.93. The third kappa shape index (κ3) is 4.85. The van der Waals surface area contributed by atoms with Crippen LogP contribution >= 0.6 is 24.8 Å². The van der Waals surface area contributed by atoms with Gasteiger partial charge >= 0.3 is 0 Å². The number of fused-ring (bicyclic) bond motifs is 4. The smallest absolute Gasteiger partial charge is 0.255 e. The standard InChI is InChI=1S/C22H25N5O2.2ClH/c1-26(14-18-9-20(25-29-18)19-4-2-3-7-24-19)13-16-5-6-21-17-8-15(10-23-11-17)12-27(21)22(16)28;;/h2-7,9,15,17,23H,8,10-14H2,1H3;2*1H/t15-,17+;;/m0../s1. The lowest BCUT2D eigenvalue weighted by Gasteiger charge is -2.37. The number of hydrogen-bond donors (Lipinski definition) is 1. The molecule has 0 amide bonds. The molecule has 2 bridgehead atoms. The van der Waals surface area contributed by atoms with E-state index in [-0.39, 0.29) is 30.4 Å². The number of pyridine rings is 2. The summed E-state index contributed by atoms with van der Waals surface area (Å²) in [5.74, 6) is 1.78. The summed E-state index contributed by atoms with van der Waals surface area (Å²) in [6.45, 7) is 3.96. The first kappa shape index (κ1) is 23.5. The zero-order chi connectivity index (χ0) is 19.8. The first-order chi connectivity index (χ1) is 14.2. The molecule has 2 atom stereocenters. The van der Waals surface area contributed by atoms with E-state index in [2.05, 4.69) is 26.4 Å². The normalized spacial score (nSPS) is 19.3. The maximum atomic E-state index is 13.1. The van der Waals surface area contributed by atoms with E-state index < -0.39 is 0 Å². The van der Waals surface area contributed by atoms with E-state index in [0.29, 0.717) is 24.9 Å². The molecule has 3 aromatic heterocycles. The Hall–Kier alpha value is -2.19. The first-order valence-corrected chi connectivity index (χ1v) is 10.2. The number of aromatic nitrogens is 3. The Morgan fingerprint density at radius 2 is 2.03 bits per heavy atom. The number of rotatable bonds is 5. The lowest BCUT2D eigenvalue weighted by Crippen LogP contribution is -2.45. The highest BCUT2D eigenvalue weighted by molar-refractivity contribution is 5.85. The van der Waals surface area contributed by atoms with E-state index in [1.807, 2.05) is 41.9 Å². The molecule has 7 nitrogen and oxygen atoms in total. The summed E-state index contributed by atoms with van der Waals surface area (Å²) in [7, 11) is 1.99. The van der Waals surface area contributed by atoms with Gasteiger partial charge in [-0.3, -0.25) is 14.7 Å². The van der Waals surface area contributed by atoms with Crippen LogP contribution in [0.1, 0.15) is 29.4 Å². The van der Waals surface area contributed by atoms with Crippen molar-refractivity contribution >= 4 is 24.8 Å². The molecular formula is C22H27Cl2N5O2. The molecule has 0 aliphatic carbocycles. The Kier molecular flexibility index (Phi) is 7.54. The fourth-order valence-electron chi connectivity index (χ4n) is 4.59. The number of piperidine rings is 1. The topological polar surface area (TPSA) is 76.2 Å². The van der Waals surface area contributed by atoms with E-state index in [1.54, 1.807) is 6.20 Å². The second kappa shape index (κ2) is 9.96. The van der Waals surface area contributed by atoms with Crippen molar-refractivity contribution in [3.63, 3.8) is 0 Å². The fraction of sp³-hybridized carbons (Fsp3) is 0.409. The third-order valence-electron chi connectivity index (χ3n) is 5.94. The van der Waals surface area contributed by atoms with Crippen molar-refractivity contribution in [1.82, 2.24) is 24.9 Å². The van der Waals surface area contributed by atoms with Crippen LogP contribution in [0.3, 0.4) is 0 Å². The Morgan fingerprint density at radius 3 is 2.84 bits per heavy atom. The van der Waals surface area contributed by atoms with Gasteiger partial charge in [0.2, 0.25) is 0 Å². The van der Waals surface area contributed by atoms with Gasteiger partial charge in [0.15, 0.2) is 5.76 Å². The van der Waals surface area contributed by atoms with E-state index in [9.17, 15) is 4.79 Å². The first-order valence-electron chi connectivity index (χ1n) is 10.2. The van der Waals surface area contributed by atoms with Gasteiger partial charge in [0.1, 0.15) is 5.69 Å². The second-order valence-corrected chi connectivity index (χ2v) is 8.22. The molecule has 1 saturated heterocycles. The molecule has 166 valence electrons. The van der Waals surface area contributed by atoms with Crippen LogP contribution < -0.4 is 10.9 Å². The monoisotopic (exact) mass is 463 g/mol. The average molecular weight is 464 g/mol. The molecule has 5 heterocycles. The van der Waals surface area contributed by atoms with Gasteiger partial charge in [-0.2, -0.15) is 0 Å². The molecule has 1 N–H and O–H groups in total. The molecule has 2 aliphatic rings. The molecule has 1 fully saturated rings.